The van der Waals surface area contributed by atoms with E-state index >= 15 is 4.79 Å². The van der Waals surface area contributed by atoms with Gasteiger partial charge in [0.15, 0.2) is 5.96 Å². The van der Waals surface area contributed by atoms with E-state index in [1.165, 1.54) is 13.8 Å². The van der Waals surface area contributed by atoms with Crippen LogP contribution in [0.15, 0.2) is 127 Å². The number of aromatic nitrogens is 2. The Morgan fingerprint density at radius 3 is 1.34 bits per heavy atom. The Labute approximate surface area is 544 Å². The molecular weight excluding hydrogens is 1210 g/mol. The average molecular weight is 1300 g/mol. The molecule has 94 heavy (non-hydrogen) atoms. The number of guanidine groups is 1. The second-order valence-electron chi connectivity index (χ2n) is 23.4. The molecule has 0 unspecified atom stereocenters. The predicted molar refractivity (Wildman–Crippen MR) is 353 cm³/mol. The summed E-state index contributed by atoms with van der Waals surface area (Å²) in [5, 5.41) is 45.1. The van der Waals surface area contributed by atoms with E-state index in [0.717, 1.165) is 21.8 Å². The van der Waals surface area contributed by atoms with Crippen molar-refractivity contribution in [3.8, 4) is 0 Å². The lowest BCUT2D eigenvalue weighted by Crippen LogP contribution is -2.61. The number of benzene rings is 4. The summed E-state index contributed by atoms with van der Waals surface area (Å²) in [6.07, 6.45) is 3.98. The number of nitrogens with one attached hydrogen (secondary N) is 11. The Morgan fingerprint density at radius 1 is 0.457 bits per heavy atom. The third-order valence-electron chi connectivity index (χ3n) is 15.7. The number of carbonyl (C=O) groups excluding carboxylic acids is 9. The highest BCUT2D eigenvalue weighted by Gasteiger charge is 2.36. The van der Waals surface area contributed by atoms with Crippen molar-refractivity contribution in [3.63, 3.8) is 0 Å². The molecular formula is C66H88N16O12. The number of aliphatic carboxylic acids is 1. The number of aliphatic hydroxyl groups excluding tert-OH is 1. The highest BCUT2D eigenvalue weighted by atomic mass is 16.4. The highest BCUT2D eigenvalue weighted by molar-refractivity contribution is 5.99. The standard InChI is InChI=1S/C66H88N16O12/c1-37(2)55(82-60(88)49(26-15-16-28-67)77-62(90)51(30-40-18-7-5-8-19-40)78-59(87)50(27-17-29-71-66(69)70)76-58(86)46(68)36-83)64(92)80-53(33-43-35-73-48-25-14-12-23-45(43)48)63(91)79-52(32-42-34-72-47-24-13-11-22-44(42)47)61(89)75-38(3)56(84)74-39(4)57(85)81-54(65(93)94)31-41-20-9-6-10-21-41/h5-14,18-25,34-35,37-39,46,49-55,72-73,83H,15-17,26-33,36,67-68H2,1-4H3,(H,74,84)(H,75,89)(H,76,86)(H,77,90)(H,78,87)(H,79,91)(H,80,92)(H,81,85)(H,82,88)(H,93,94)(H4,69,70,71)/t38-,39-,46-,49-,50-,51-,52-,53-,54-,55-/m0/s1. The Hall–Kier alpha value is -10.2. The number of carboxylic acids is 1. The lowest BCUT2D eigenvalue weighted by atomic mass is 9.98. The van der Waals surface area contributed by atoms with Gasteiger partial charge in [-0.25, -0.2) is 4.79 Å². The smallest absolute Gasteiger partial charge is 0.326 e. The maximum Gasteiger partial charge on any atom is 0.326 e. The van der Waals surface area contributed by atoms with Gasteiger partial charge in [-0.05, 0) is 92.8 Å². The molecule has 2 aromatic heterocycles. The van der Waals surface area contributed by atoms with Crippen LogP contribution in [0, 0.1) is 5.92 Å². The Bertz CT molecular complexity index is 3580. The van der Waals surface area contributed by atoms with Crippen LogP contribution in [-0.4, -0.2) is 165 Å². The summed E-state index contributed by atoms with van der Waals surface area (Å²) in [6, 6.07) is 18.5. The Kier molecular flexibility index (Phi) is 28.0. The topological polar surface area (TPSA) is 467 Å². The summed E-state index contributed by atoms with van der Waals surface area (Å²) in [5.74, 6) is -9.42. The number of aromatic amines is 2. The zero-order valence-electron chi connectivity index (χ0n) is 53.1. The molecule has 0 spiro atoms. The van der Waals surface area contributed by atoms with Crippen LogP contribution in [-0.2, 0) is 73.6 Å². The molecule has 4 aromatic carbocycles. The van der Waals surface area contributed by atoms with Crippen molar-refractivity contribution in [2.24, 2.45) is 33.8 Å². The molecule has 21 N–H and O–H groups in total. The number of H-pyrrole nitrogens is 2. The van der Waals surface area contributed by atoms with Crippen LogP contribution < -0.4 is 70.8 Å². The van der Waals surface area contributed by atoms with Crippen LogP contribution in [0.1, 0.15) is 82.1 Å². The molecule has 6 aromatic rings. The first-order valence-corrected chi connectivity index (χ1v) is 31.2. The van der Waals surface area contributed by atoms with E-state index in [4.69, 9.17) is 22.9 Å². The van der Waals surface area contributed by atoms with Gasteiger partial charge < -0.3 is 91.0 Å². The van der Waals surface area contributed by atoms with Crippen LogP contribution in [0.4, 0.5) is 0 Å². The maximum absolute atomic E-state index is 15.1. The minimum Gasteiger partial charge on any atom is -0.480 e. The zero-order valence-corrected chi connectivity index (χ0v) is 53.1. The third kappa shape index (κ3) is 22.0. The Balaban J connectivity index is 1.24. The van der Waals surface area contributed by atoms with Gasteiger partial charge in [-0.15, -0.1) is 0 Å². The van der Waals surface area contributed by atoms with E-state index < -0.39 is 132 Å². The first kappa shape index (κ1) is 72.9. The number of aliphatic imine (C=N–C) groups is 1. The third-order valence-corrected chi connectivity index (χ3v) is 15.7. The number of nitrogens with zero attached hydrogens (tertiary/aromatic N) is 1. The number of hydrogen-bond donors (Lipinski definition) is 17. The fraction of sp³-hybridized carbons (Fsp3) is 0.409. The fourth-order valence-electron chi connectivity index (χ4n) is 10.4. The van der Waals surface area contributed by atoms with Crippen molar-refractivity contribution in [1.82, 2.24) is 57.8 Å². The molecule has 28 heteroatoms. The molecule has 6 rings (SSSR count). The number of nitrogens with two attached hydrogens (primary N) is 4. The van der Waals surface area contributed by atoms with Crippen LogP contribution in [0.5, 0.6) is 0 Å². The molecule has 504 valence electrons. The molecule has 28 nitrogen and oxygen atoms in total. The number of carboxylic acid groups (broad SMARTS) is 1. The SMILES string of the molecule is CC(C)[C@H](NC(=O)[C@H](CCCCN)NC(=O)[C@H](Cc1ccccc1)NC(=O)[C@H](CCCN=C(N)N)NC(=O)[C@@H](N)CO)C(=O)N[C@@H](Cc1c[nH]c2ccccc12)C(=O)N[C@@H](Cc1c[nH]c2ccccc12)C(=O)N[C@@H](C)C(=O)N[C@@H](C)C(=O)N[C@@H](Cc1ccccc1)C(=O)O. The number of unbranched alkanes of at least 4 members (excludes halogenated alkanes) is 1. The van der Waals surface area contributed by atoms with Crippen molar-refractivity contribution in [2.75, 3.05) is 19.7 Å². The molecule has 9 amide bonds. The van der Waals surface area contributed by atoms with Gasteiger partial charge in [0.25, 0.3) is 0 Å². The van der Waals surface area contributed by atoms with Gasteiger partial charge in [-0.3, -0.25) is 48.1 Å². The van der Waals surface area contributed by atoms with Gasteiger partial charge in [0.2, 0.25) is 53.2 Å². The monoisotopic (exact) mass is 1300 g/mol. The first-order chi connectivity index (χ1) is 45.0. The molecule has 2 heterocycles. The minimum absolute atomic E-state index is 0.0136. The molecule has 0 bridgehead atoms. The quantitative estimate of drug-likeness (QED) is 0.0134. The van der Waals surface area contributed by atoms with E-state index in [2.05, 4.69) is 62.8 Å². The van der Waals surface area contributed by atoms with Crippen LogP contribution in [0.2, 0.25) is 0 Å². The minimum atomic E-state index is -1.44. The fourth-order valence-corrected chi connectivity index (χ4v) is 10.4. The van der Waals surface area contributed by atoms with Gasteiger partial charge in [-0.1, -0.05) is 111 Å². The second-order valence-corrected chi connectivity index (χ2v) is 23.4. The number of rotatable bonds is 37. The first-order valence-electron chi connectivity index (χ1n) is 31.2. The largest absolute Gasteiger partial charge is 0.480 e. The summed E-state index contributed by atoms with van der Waals surface area (Å²) in [7, 11) is 0. The molecule has 0 saturated heterocycles. The average Bonchev–Trinajstić information content (AvgIpc) is 1.63. The number of fused-ring (bicyclic) bond motifs is 2. The summed E-state index contributed by atoms with van der Waals surface area (Å²) < 4.78 is 0. The molecule has 0 aliphatic heterocycles. The molecule has 0 aliphatic rings. The van der Waals surface area contributed by atoms with Gasteiger partial charge in [0.05, 0.1) is 6.61 Å². The molecule has 0 aliphatic carbocycles. The summed E-state index contributed by atoms with van der Waals surface area (Å²) in [5.41, 5.74) is 26.6. The van der Waals surface area contributed by atoms with E-state index in [9.17, 15) is 53.4 Å². The molecule has 10 atom stereocenters. The van der Waals surface area contributed by atoms with Crippen molar-refractivity contribution in [3.05, 3.63) is 144 Å². The predicted octanol–water partition coefficient (Wildman–Crippen LogP) is -0.434. The molecule has 0 saturated carbocycles. The maximum atomic E-state index is 15.1. The molecule has 0 radical (unpaired) electrons. The lowest BCUT2D eigenvalue weighted by Gasteiger charge is -2.29. The van der Waals surface area contributed by atoms with Crippen LogP contribution in [0.3, 0.4) is 0 Å². The van der Waals surface area contributed by atoms with Gasteiger partial charge in [-0.2, -0.15) is 0 Å². The van der Waals surface area contributed by atoms with Gasteiger partial charge >= 0.3 is 5.97 Å². The van der Waals surface area contributed by atoms with Gasteiger partial charge in [0.1, 0.15) is 60.4 Å². The lowest BCUT2D eigenvalue weighted by molar-refractivity contribution is -0.142. The van der Waals surface area contributed by atoms with Crippen molar-refractivity contribution in [2.45, 2.75) is 146 Å². The highest BCUT2D eigenvalue weighted by Crippen LogP contribution is 2.22. The van der Waals surface area contributed by atoms with E-state index in [0.29, 0.717) is 35.1 Å². The summed E-state index contributed by atoms with van der Waals surface area (Å²) in [6.45, 7) is 5.67. The number of hydrogen-bond acceptors (Lipinski definition) is 14. The summed E-state index contributed by atoms with van der Waals surface area (Å²) in [4.78, 5) is 150. The van der Waals surface area contributed by atoms with Crippen molar-refractivity contribution in [1.29, 1.82) is 0 Å². The van der Waals surface area contributed by atoms with Crippen LogP contribution >= 0.6 is 0 Å². The Morgan fingerprint density at radius 2 is 0.851 bits per heavy atom. The molecule has 0 fully saturated rings. The normalized spacial score (nSPS) is 14.4. The van der Waals surface area contributed by atoms with Crippen LogP contribution in [0.25, 0.3) is 21.8 Å². The zero-order chi connectivity index (χ0) is 68.4. The van der Waals surface area contributed by atoms with E-state index in [-0.39, 0.29) is 64.0 Å². The van der Waals surface area contributed by atoms with Crippen molar-refractivity contribution >= 4 is 86.9 Å². The number of aliphatic hydroxyl groups is 1. The number of amides is 9. The number of para-hydroxylation sites is 2. The van der Waals surface area contributed by atoms with Gasteiger partial charge in [0, 0.05) is 66.4 Å². The van der Waals surface area contributed by atoms with E-state index in [1.807, 2.05) is 36.4 Å². The summed E-state index contributed by atoms with van der Waals surface area (Å²) >= 11 is 0. The van der Waals surface area contributed by atoms with E-state index in [1.54, 1.807) is 99.0 Å². The second kappa shape index (κ2) is 36.2. The van der Waals surface area contributed by atoms with Crippen molar-refractivity contribution < 1.29 is 58.2 Å². The number of carbonyl (C=O) groups is 10.